The summed E-state index contributed by atoms with van der Waals surface area (Å²) in [7, 11) is 1.65. The van der Waals surface area contributed by atoms with Crippen LogP contribution in [0.25, 0.3) is 10.2 Å². The lowest BCUT2D eigenvalue weighted by Crippen LogP contribution is -2.26. The second-order valence-corrected chi connectivity index (χ2v) is 6.44. The summed E-state index contributed by atoms with van der Waals surface area (Å²) in [6.45, 7) is 5.04. The number of fused-ring (bicyclic) bond motifs is 1. The minimum atomic E-state index is -0.194. The zero-order valence-electron chi connectivity index (χ0n) is 13.7. The lowest BCUT2D eigenvalue weighted by Gasteiger charge is -2.05. The Morgan fingerprint density at radius 2 is 2.17 bits per heavy atom. The van der Waals surface area contributed by atoms with Crippen LogP contribution in [-0.4, -0.2) is 36.8 Å². The number of carbonyl (C=O) groups excluding carboxylic acids is 1. The topological polar surface area (TPSA) is 94.7 Å². The Bertz CT molecular complexity index is 955. The molecule has 0 unspecified atom stereocenters. The van der Waals surface area contributed by atoms with E-state index in [2.05, 4.69) is 20.5 Å². The first-order chi connectivity index (χ1) is 11.5. The highest BCUT2D eigenvalue weighted by Gasteiger charge is 2.18. The smallest absolute Gasteiger partial charge is 0.262 e. The summed E-state index contributed by atoms with van der Waals surface area (Å²) in [5.74, 6) is 0.640. The molecule has 3 heterocycles. The molecule has 3 aromatic rings. The minimum absolute atomic E-state index is 0.135. The molecule has 0 atom stereocenters. The zero-order chi connectivity index (χ0) is 17.3. The molecule has 0 saturated carbocycles. The SMILES string of the molecule is CCn1cnnc1CCNC(=O)c1sc2ncn(C)c(=O)c2c1C. The summed E-state index contributed by atoms with van der Waals surface area (Å²) in [4.78, 5) is 30.0. The molecular formula is C15H18N6O2S. The third kappa shape index (κ3) is 2.82. The van der Waals surface area contributed by atoms with Crippen LogP contribution in [0.4, 0.5) is 0 Å². The molecule has 0 bridgehead atoms. The lowest BCUT2D eigenvalue weighted by molar-refractivity contribution is 0.0957. The van der Waals surface area contributed by atoms with Crippen molar-refractivity contribution in [2.75, 3.05) is 6.54 Å². The van der Waals surface area contributed by atoms with Crippen LogP contribution in [0.15, 0.2) is 17.4 Å². The van der Waals surface area contributed by atoms with Gasteiger partial charge in [0, 0.05) is 26.6 Å². The first kappa shape index (κ1) is 16.3. The van der Waals surface area contributed by atoms with Gasteiger partial charge in [-0.15, -0.1) is 21.5 Å². The average Bonchev–Trinajstić information content (AvgIpc) is 3.15. The van der Waals surface area contributed by atoms with Gasteiger partial charge in [0.2, 0.25) is 0 Å². The van der Waals surface area contributed by atoms with Crippen LogP contribution in [-0.2, 0) is 20.0 Å². The van der Waals surface area contributed by atoms with E-state index in [0.717, 1.165) is 12.4 Å². The van der Waals surface area contributed by atoms with E-state index in [9.17, 15) is 9.59 Å². The normalized spacial score (nSPS) is 11.1. The maximum atomic E-state index is 12.4. The molecule has 3 rings (SSSR count). The van der Waals surface area contributed by atoms with E-state index < -0.39 is 0 Å². The molecule has 0 fully saturated rings. The van der Waals surface area contributed by atoms with Gasteiger partial charge >= 0.3 is 0 Å². The van der Waals surface area contributed by atoms with Gasteiger partial charge < -0.3 is 14.5 Å². The van der Waals surface area contributed by atoms with Crippen molar-refractivity contribution in [1.29, 1.82) is 0 Å². The van der Waals surface area contributed by atoms with E-state index in [0.29, 0.717) is 33.6 Å². The first-order valence-electron chi connectivity index (χ1n) is 7.62. The van der Waals surface area contributed by atoms with E-state index in [-0.39, 0.29) is 11.5 Å². The van der Waals surface area contributed by atoms with Gasteiger partial charge in [0.15, 0.2) is 0 Å². The Kier molecular flexibility index (Phi) is 4.43. The Morgan fingerprint density at radius 3 is 2.92 bits per heavy atom. The van der Waals surface area contributed by atoms with Gasteiger partial charge in [0.25, 0.3) is 11.5 Å². The first-order valence-corrected chi connectivity index (χ1v) is 8.44. The highest BCUT2D eigenvalue weighted by molar-refractivity contribution is 7.20. The Balaban J connectivity index is 1.76. The summed E-state index contributed by atoms with van der Waals surface area (Å²) in [6, 6.07) is 0. The number of aromatic nitrogens is 5. The van der Waals surface area contributed by atoms with Gasteiger partial charge in [0.05, 0.1) is 16.6 Å². The van der Waals surface area contributed by atoms with Gasteiger partial charge in [0.1, 0.15) is 17.0 Å². The summed E-state index contributed by atoms with van der Waals surface area (Å²) < 4.78 is 3.35. The van der Waals surface area contributed by atoms with E-state index in [4.69, 9.17) is 0 Å². The van der Waals surface area contributed by atoms with Crippen molar-refractivity contribution >= 4 is 27.5 Å². The third-order valence-corrected chi connectivity index (χ3v) is 5.09. The molecule has 0 aromatic carbocycles. The van der Waals surface area contributed by atoms with Gasteiger partial charge in [-0.2, -0.15) is 0 Å². The number of amides is 1. The maximum absolute atomic E-state index is 12.4. The van der Waals surface area contributed by atoms with Crippen LogP contribution in [0, 0.1) is 6.92 Å². The molecule has 126 valence electrons. The van der Waals surface area contributed by atoms with Crippen LogP contribution in [0.1, 0.15) is 28.0 Å². The fourth-order valence-corrected chi connectivity index (χ4v) is 3.59. The second kappa shape index (κ2) is 6.52. The second-order valence-electron chi connectivity index (χ2n) is 5.44. The maximum Gasteiger partial charge on any atom is 0.262 e. The number of rotatable bonds is 5. The molecule has 0 aliphatic rings. The Labute approximate surface area is 142 Å². The lowest BCUT2D eigenvalue weighted by atomic mass is 10.2. The van der Waals surface area contributed by atoms with Crippen molar-refractivity contribution in [3.63, 3.8) is 0 Å². The molecule has 1 amide bonds. The van der Waals surface area contributed by atoms with E-state index in [1.165, 1.54) is 22.2 Å². The number of hydrogen-bond donors (Lipinski definition) is 1. The number of thiophene rings is 1. The van der Waals surface area contributed by atoms with Crippen molar-refractivity contribution in [2.45, 2.75) is 26.8 Å². The molecule has 9 heteroatoms. The number of nitrogens with one attached hydrogen (secondary N) is 1. The molecule has 0 saturated heterocycles. The van der Waals surface area contributed by atoms with Crippen molar-refractivity contribution < 1.29 is 4.79 Å². The number of aryl methyl sites for hydroxylation is 3. The molecule has 0 spiro atoms. The molecule has 0 aliphatic carbocycles. The molecule has 0 radical (unpaired) electrons. The summed E-state index contributed by atoms with van der Waals surface area (Å²) in [5.41, 5.74) is 0.543. The van der Waals surface area contributed by atoms with Crippen molar-refractivity contribution in [3.8, 4) is 0 Å². The van der Waals surface area contributed by atoms with Gasteiger partial charge in [-0.25, -0.2) is 4.98 Å². The number of carbonyl (C=O) groups is 1. The summed E-state index contributed by atoms with van der Waals surface area (Å²) >= 11 is 1.24. The molecule has 1 N–H and O–H groups in total. The predicted molar refractivity (Wildman–Crippen MR) is 91.3 cm³/mol. The number of hydrogen-bond acceptors (Lipinski definition) is 6. The minimum Gasteiger partial charge on any atom is -0.351 e. The molecular weight excluding hydrogens is 328 g/mol. The van der Waals surface area contributed by atoms with E-state index >= 15 is 0 Å². The standard InChI is InChI=1S/C15H18N6O2S/c1-4-21-8-18-19-10(21)5-6-16-13(22)12-9(2)11-14(24-12)17-7-20(3)15(11)23/h7-8H,4-6H2,1-3H3,(H,16,22). The van der Waals surface area contributed by atoms with Crippen molar-refractivity contribution in [3.05, 3.63) is 39.3 Å². The van der Waals surface area contributed by atoms with Crippen LogP contribution < -0.4 is 10.9 Å². The monoisotopic (exact) mass is 346 g/mol. The molecule has 0 aliphatic heterocycles. The fourth-order valence-electron chi connectivity index (χ4n) is 2.53. The molecule has 8 nitrogen and oxygen atoms in total. The Hall–Kier alpha value is -2.55. The van der Waals surface area contributed by atoms with Gasteiger partial charge in [-0.3, -0.25) is 9.59 Å². The largest absolute Gasteiger partial charge is 0.351 e. The van der Waals surface area contributed by atoms with Gasteiger partial charge in [-0.1, -0.05) is 0 Å². The predicted octanol–water partition coefficient (Wildman–Crippen LogP) is 0.887. The number of nitrogens with zero attached hydrogens (tertiary/aromatic N) is 5. The highest BCUT2D eigenvalue weighted by Crippen LogP contribution is 2.26. The van der Waals surface area contributed by atoms with Crippen LogP contribution >= 0.6 is 11.3 Å². The van der Waals surface area contributed by atoms with Crippen LogP contribution in [0.5, 0.6) is 0 Å². The van der Waals surface area contributed by atoms with Crippen molar-refractivity contribution in [2.24, 2.45) is 7.05 Å². The van der Waals surface area contributed by atoms with Crippen molar-refractivity contribution in [1.82, 2.24) is 29.6 Å². The van der Waals surface area contributed by atoms with E-state index in [1.807, 2.05) is 11.5 Å². The fraction of sp³-hybridized carbons (Fsp3) is 0.400. The average molecular weight is 346 g/mol. The zero-order valence-corrected chi connectivity index (χ0v) is 14.6. The van der Waals surface area contributed by atoms with Crippen LogP contribution in [0.2, 0.25) is 0 Å². The van der Waals surface area contributed by atoms with E-state index in [1.54, 1.807) is 20.3 Å². The molecule has 3 aromatic heterocycles. The summed E-state index contributed by atoms with van der Waals surface area (Å²) in [6.07, 6.45) is 3.75. The third-order valence-electron chi connectivity index (χ3n) is 3.89. The Morgan fingerprint density at radius 1 is 1.38 bits per heavy atom. The van der Waals surface area contributed by atoms with Crippen LogP contribution in [0.3, 0.4) is 0 Å². The highest BCUT2D eigenvalue weighted by atomic mass is 32.1. The summed E-state index contributed by atoms with van der Waals surface area (Å²) in [5, 5.41) is 11.3. The van der Waals surface area contributed by atoms with Gasteiger partial charge in [-0.05, 0) is 19.4 Å². The molecule has 24 heavy (non-hydrogen) atoms. The quantitative estimate of drug-likeness (QED) is 0.740.